The molecule has 0 aromatic heterocycles. The van der Waals surface area contributed by atoms with Crippen molar-refractivity contribution < 1.29 is 27.8 Å². The molecule has 27 heavy (non-hydrogen) atoms. The molecule has 0 aliphatic heterocycles. The van der Waals surface area contributed by atoms with Gasteiger partial charge in [-0.1, -0.05) is 11.6 Å². The predicted molar refractivity (Wildman–Crippen MR) is 101 cm³/mol. The highest BCUT2D eigenvalue weighted by molar-refractivity contribution is 7.89. The number of aliphatic carboxylic acids is 1. The van der Waals surface area contributed by atoms with Crippen LogP contribution in [0.3, 0.4) is 0 Å². The molecule has 2 aromatic carbocycles. The fourth-order valence-corrected chi connectivity index (χ4v) is 4.00. The molecule has 0 fully saturated rings. The summed E-state index contributed by atoms with van der Waals surface area (Å²) >= 11 is 5.80. The topological polar surface area (TPSA) is 93.1 Å². The molecule has 0 saturated heterocycles. The van der Waals surface area contributed by atoms with Crippen LogP contribution in [0.2, 0.25) is 5.02 Å². The van der Waals surface area contributed by atoms with E-state index in [1.807, 2.05) is 0 Å². The Morgan fingerprint density at radius 1 is 1.15 bits per heavy atom. The molecule has 0 spiro atoms. The van der Waals surface area contributed by atoms with E-state index in [2.05, 4.69) is 0 Å². The van der Waals surface area contributed by atoms with Gasteiger partial charge in [-0.05, 0) is 48.0 Å². The molecule has 0 bridgehead atoms. The van der Waals surface area contributed by atoms with Gasteiger partial charge in [0, 0.05) is 18.5 Å². The van der Waals surface area contributed by atoms with E-state index >= 15 is 0 Å². The van der Waals surface area contributed by atoms with Gasteiger partial charge in [-0.3, -0.25) is 4.79 Å². The quantitative estimate of drug-likeness (QED) is 0.715. The average molecular weight is 414 g/mol. The first-order chi connectivity index (χ1) is 12.7. The molecule has 0 heterocycles. The first-order valence-electron chi connectivity index (χ1n) is 7.88. The lowest BCUT2D eigenvalue weighted by atomic mass is 10.0. The number of nitrogens with zero attached hydrogens (tertiary/aromatic N) is 1. The Morgan fingerprint density at radius 2 is 1.78 bits per heavy atom. The maximum absolute atomic E-state index is 12.8. The number of benzene rings is 2. The largest absolute Gasteiger partial charge is 0.497 e. The number of carboxylic acids is 1. The summed E-state index contributed by atoms with van der Waals surface area (Å²) in [6.45, 7) is 0. The van der Waals surface area contributed by atoms with Crippen LogP contribution in [-0.4, -0.2) is 51.1 Å². The van der Waals surface area contributed by atoms with Crippen LogP contribution >= 0.6 is 11.6 Å². The molecular weight excluding hydrogens is 394 g/mol. The van der Waals surface area contributed by atoms with Gasteiger partial charge in [0.05, 0.1) is 19.1 Å². The molecule has 1 unspecified atom stereocenters. The lowest BCUT2D eigenvalue weighted by Crippen LogP contribution is -2.43. The van der Waals surface area contributed by atoms with Crippen molar-refractivity contribution in [3.05, 3.63) is 53.1 Å². The minimum absolute atomic E-state index is 0.0433. The molecule has 7 nitrogen and oxygen atoms in total. The number of carbonyl (C=O) groups is 1. The van der Waals surface area contributed by atoms with Gasteiger partial charge in [-0.25, -0.2) is 8.42 Å². The van der Waals surface area contributed by atoms with Crippen LogP contribution in [0, 0.1) is 0 Å². The number of carboxylic acid groups (broad SMARTS) is 1. The van der Waals surface area contributed by atoms with Gasteiger partial charge in [0.1, 0.15) is 17.5 Å². The van der Waals surface area contributed by atoms with E-state index in [4.69, 9.17) is 21.1 Å². The molecule has 1 atom stereocenters. The highest BCUT2D eigenvalue weighted by Gasteiger charge is 2.33. The summed E-state index contributed by atoms with van der Waals surface area (Å²) in [5, 5.41) is 10.0. The zero-order chi connectivity index (χ0) is 20.2. The molecule has 146 valence electrons. The third-order valence-corrected chi connectivity index (χ3v) is 6.25. The van der Waals surface area contributed by atoms with Gasteiger partial charge >= 0.3 is 5.97 Å². The Labute approximate surface area is 163 Å². The molecular formula is C18H20ClNO6S. The third kappa shape index (κ3) is 4.71. The molecule has 0 radical (unpaired) electrons. The van der Waals surface area contributed by atoms with Crippen molar-refractivity contribution in [2.24, 2.45) is 0 Å². The number of hydrogen-bond donors (Lipinski definition) is 1. The molecule has 0 amide bonds. The van der Waals surface area contributed by atoms with Crippen molar-refractivity contribution in [1.29, 1.82) is 0 Å². The summed E-state index contributed by atoms with van der Waals surface area (Å²) < 4.78 is 36.9. The van der Waals surface area contributed by atoms with E-state index in [9.17, 15) is 18.3 Å². The van der Waals surface area contributed by atoms with Crippen molar-refractivity contribution in [2.75, 3.05) is 21.3 Å². The van der Waals surface area contributed by atoms with Crippen molar-refractivity contribution in [2.45, 2.75) is 17.4 Å². The number of ether oxygens (including phenoxy) is 2. The SMILES string of the molecule is COc1ccc(OC)c(CC(C(=O)O)N(C)S(=O)(=O)c2ccc(Cl)cc2)c1. The highest BCUT2D eigenvalue weighted by atomic mass is 35.5. The van der Waals surface area contributed by atoms with Crippen LogP contribution in [-0.2, 0) is 21.2 Å². The van der Waals surface area contributed by atoms with Crippen LogP contribution in [0.5, 0.6) is 11.5 Å². The van der Waals surface area contributed by atoms with E-state index in [1.165, 1.54) is 45.5 Å². The minimum atomic E-state index is -4.03. The molecule has 2 aromatic rings. The molecule has 9 heteroatoms. The lowest BCUT2D eigenvalue weighted by Gasteiger charge is -2.25. The smallest absolute Gasteiger partial charge is 0.322 e. The Morgan fingerprint density at radius 3 is 2.30 bits per heavy atom. The number of rotatable bonds is 8. The lowest BCUT2D eigenvalue weighted by molar-refractivity contribution is -0.141. The predicted octanol–water partition coefficient (Wildman–Crippen LogP) is 2.67. The Bertz CT molecular complexity index is 914. The number of halogens is 1. The zero-order valence-corrected chi connectivity index (χ0v) is 16.6. The van der Waals surface area contributed by atoms with E-state index in [1.54, 1.807) is 18.2 Å². The van der Waals surface area contributed by atoms with Gasteiger partial charge in [0.25, 0.3) is 0 Å². The van der Waals surface area contributed by atoms with Gasteiger partial charge in [0.2, 0.25) is 10.0 Å². The Balaban J connectivity index is 2.40. The fraction of sp³-hybridized carbons (Fsp3) is 0.278. The summed E-state index contributed by atoms with van der Waals surface area (Å²) in [6, 6.07) is 9.13. The molecule has 0 saturated carbocycles. The molecule has 1 N–H and O–H groups in total. The van der Waals surface area contributed by atoms with Crippen molar-refractivity contribution >= 4 is 27.6 Å². The van der Waals surface area contributed by atoms with Crippen molar-refractivity contribution in [3.63, 3.8) is 0 Å². The summed E-state index contributed by atoms with van der Waals surface area (Å²) in [7, 11) is 0.135. The monoisotopic (exact) mass is 413 g/mol. The summed E-state index contributed by atoms with van der Waals surface area (Å²) in [4.78, 5) is 11.8. The second-order valence-corrected chi connectivity index (χ2v) is 8.15. The standard InChI is InChI=1S/C18H20ClNO6S/c1-20(27(23,24)15-7-4-13(19)5-8-15)16(18(21)22)11-12-10-14(25-2)6-9-17(12)26-3/h4-10,16H,11H2,1-3H3,(H,21,22). The van der Waals surface area contributed by atoms with Crippen LogP contribution in [0.15, 0.2) is 47.4 Å². The van der Waals surface area contributed by atoms with Gasteiger partial charge in [-0.2, -0.15) is 4.31 Å². The minimum Gasteiger partial charge on any atom is -0.497 e. The third-order valence-electron chi connectivity index (χ3n) is 4.12. The van der Waals surface area contributed by atoms with Crippen LogP contribution < -0.4 is 9.47 Å². The van der Waals surface area contributed by atoms with Gasteiger partial charge in [-0.15, -0.1) is 0 Å². The van der Waals surface area contributed by atoms with E-state index in [-0.39, 0.29) is 11.3 Å². The first-order valence-corrected chi connectivity index (χ1v) is 9.69. The number of methoxy groups -OCH3 is 2. The number of sulfonamides is 1. The number of likely N-dealkylation sites (N-methyl/N-ethyl adjacent to an activating group) is 1. The fourth-order valence-electron chi connectivity index (χ4n) is 2.56. The van der Waals surface area contributed by atoms with Crippen molar-refractivity contribution in [3.8, 4) is 11.5 Å². The summed E-state index contributed by atoms with van der Waals surface area (Å²) in [5.41, 5.74) is 0.516. The van der Waals surface area contributed by atoms with Gasteiger partial charge in [0.15, 0.2) is 0 Å². The van der Waals surface area contributed by atoms with E-state index in [0.717, 1.165) is 4.31 Å². The van der Waals surface area contributed by atoms with Gasteiger partial charge < -0.3 is 14.6 Å². The maximum Gasteiger partial charge on any atom is 0.322 e. The number of hydrogen-bond acceptors (Lipinski definition) is 5. The molecule has 2 rings (SSSR count). The molecule has 0 aliphatic carbocycles. The Hall–Kier alpha value is -2.29. The second kappa shape index (κ2) is 8.60. The molecule has 0 aliphatic rings. The Kier molecular flexibility index (Phi) is 6.69. The average Bonchev–Trinajstić information content (AvgIpc) is 2.65. The van der Waals surface area contributed by atoms with E-state index < -0.39 is 22.0 Å². The normalized spacial score (nSPS) is 12.6. The first kappa shape index (κ1) is 21.0. The second-order valence-electron chi connectivity index (χ2n) is 5.71. The maximum atomic E-state index is 12.8. The van der Waals surface area contributed by atoms with Crippen LogP contribution in [0.1, 0.15) is 5.56 Å². The van der Waals surface area contributed by atoms with E-state index in [0.29, 0.717) is 22.1 Å². The highest BCUT2D eigenvalue weighted by Crippen LogP contribution is 2.27. The summed E-state index contributed by atoms with van der Waals surface area (Å²) in [5.74, 6) is -0.322. The van der Waals surface area contributed by atoms with Crippen LogP contribution in [0.4, 0.5) is 0 Å². The summed E-state index contributed by atoms with van der Waals surface area (Å²) in [6.07, 6.45) is -0.0982. The van der Waals surface area contributed by atoms with Crippen molar-refractivity contribution in [1.82, 2.24) is 4.31 Å². The van der Waals surface area contributed by atoms with Crippen LogP contribution in [0.25, 0.3) is 0 Å². The zero-order valence-electron chi connectivity index (χ0n) is 15.0.